The monoisotopic (exact) mass is 511 g/mol. The molecule has 2 aromatic carbocycles. The van der Waals surface area contributed by atoms with Gasteiger partial charge in [-0.2, -0.15) is 0 Å². The summed E-state index contributed by atoms with van der Waals surface area (Å²) < 4.78 is 16.4. The Hall–Kier alpha value is 0.0200. The summed E-state index contributed by atoms with van der Waals surface area (Å²) in [6.45, 7) is 0. The third kappa shape index (κ3) is 3.81. The molecule has 0 aliphatic heterocycles. The van der Waals surface area contributed by atoms with Crippen molar-refractivity contribution in [3.8, 4) is 0 Å². The molecule has 0 aromatic heterocycles. The van der Waals surface area contributed by atoms with Crippen molar-refractivity contribution in [3.05, 3.63) is 65.9 Å². The van der Waals surface area contributed by atoms with Gasteiger partial charge in [-0.15, -0.1) is 0 Å². The fraction of sp³-hybridized carbons (Fsp3) is 0.200. The second-order valence-electron chi connectivity index (χ2n) is 4.42. The number of likely N-dealkylation sites (N-methyl/N-ethyl adjacent to an activating group) is 1. The van der Waals surface area contributed by atoms with E-state index in [1.165, 1.54) is 15.2 Å². The van der Waals surface area contributed by atoms with E-state index in [4.69, 9.17) is 0 Å². The molecule has 20 heavy (non-hydrogen) atoms. The van der Waals surface area contributed by atoms with E-state index >= 15 is 0 Å². The summed E-state index contributed by atoms with van der Waals surface area (Å²) in [5.41, 5.74) is 2.17. The van der Waals surface area contributed by atoms with E-state index in [0.29, 0.717) is 4.47 Å². The highest BCUT2D eigenvalue weighted by atomic mass is 127. The van der Waals surface area contributed by atoms with Crippen molar-refractivity contribution < 1.29 is 4.39 Å². The van der Waals surface area contributed by atoms with Crippen LogP contribution in [0.25, 0.3) is 0 Å². The molecule has 0 heterocycles. The van der Waals surface area contributed by atoms with E-state index < -0.39 is 0 Å². The first-order chi connectivity index (χ1) is 9.52. The van der Waals surface area contributed by atoms with Crippen molar-refractivity contribution in [2.75, 3.05) is 7.05 Å². The molecular formula is C15H13Br2FIN. The summed E-state index contributed by atoms with van der Waals surface area (Å²) in [4.78, 5) is 0. The van der Waals surface area contributed by atoms with Gasteiger partial charge in [0.15, 0.2) is 0 Å². The third-order valence-electron chi connectivity index (χ3n) is 3.14. The van der Waals surface area contributed by atoms with Crippen molar-refractivity contribution in [2.24, 2.45) is 0 Å². The van der Waals surface area contributed by atoms with Crippen LogP contribution in [0.1, 0.15) is 17.2 Å². The number of halogens is 4. The molecule has 0 spiro atoms. The van der Waals surface area contributed by atoms with Gasteiger partial charge in [0.1, 0.15) is 5.82 Å². The van der Waals surface area contributed by atoms with Gasteiger partial charge >= 0.3 is 0 Å². The zero-order valence-corrected chi connectivity index (χ0v) is 16.1. The van der Waals surface area contributed by atoms with Crippen molar-refractivity contribution in [1.29, 1.82) is 0 Å². The summed E-state index contributed by atoms with van der Waals surface area (Å²) >= 11 is 9.16. The maximum atomic E-state index is 13.6. The van der Waals surface area contributed by atoms with Crippen LogP contribution in [0.4, 0.5) is 4.39 Å². The minimum atomic E-state index is -0.221. The van der Waals surface area contributed by atoms with Crippen LogP contribution in [0.2, 0.25) is 0 Å². The molecule has 2 aromatic rings. The Balaban J connectivity index is 2.34. The fourth-order valence-electron chi connectivity index (χ4n) is 2.08. The lowest BCUT2D eigenvalue weighted by Crippen LogP contribution is -2.20. The van der Waals surface area contributed by atoms with E-state index in [-0.39, 0.29) is 11.9 Å². The van der Waals surface area contributed by atoms with Gasteiger partial charge in [0, 0.05) is 14.1 Å². The standard InChI is InChI=1S/C15H13Br2FIN/c1-20-14(11-8-10(16)5-6-13(11)19)7-9-3-2-4-12(18)15(9)17/h2-6,8,14,20H,7H2,1H3. The molecule has 0 radical (unpaired) electrons. The quantitative estimate of drug-likeness (QED) is 0.537. The summed E-state index contributed by atoms with van der Waals surface area (Å²) in [6.07, 6.45) is 0.724. The van der Waals surface area contributed by atoms with Crippen LogP contribution in [0.5, 0.6) is 0 Å². The van der Waals surface area contributed by atoms with Crippen LogP contribution >= 0.6 is 54.5 Å². The van der Waals surface area contributed by atoms with Crippen molar-refractivity contribution >= 4 is 54.5 Å². The number of benzene rings is 2. The van der Waals surface area contributed by atoms with Gasteiger partial charge in [0.25, 0.3) is 0 Å². The molecule has 0 saturated heterocycles. The minimum Gasteiger partial charge on any atom is -0.313 e. The molecule has 0 amide bonds. The molecule has 1 atom stereocenters. The molecule has 1 N–H and O–H groups in total. The van der Waals surface area contributed by atoms with Crippen LogP contribution < -0.4 is 5.32 Å². The number of nitrogens with one attached hydrogen (secondary N) is 1. The van der Waals surface area contributed by atoms with Crippen molar-refractivity contribution in [3.63, 3.8) is 0 Å². The summed E-state index contributed by atoms with van der Waals surface area (Å²) in [5, 5.41) is 3.31. The molecule has 0 aliphatic carbocycles. The number of hydrogen-bond donors (Lipinski definition) is 1. The Morgan fingerprint density at radius 3 is 2.70 bits per heavy atom. The van der Waals surface area contributed by atoms with E-state index in [2.05, 4.69) is 71.9 Å². The Bertz CT molecular complexity index is 619. The average molecular weight is 513 g/mol. The van der Waals surface area contributed by atoms with Gasteiger partial charge in [-0.25, -0.2) is 4.39 Å². The van der Waals surface area contributed by atoms with Crippen LogP contribution in [0, 0.1) is 9.39 Å². The molecule has 1 nitrogen and oxygen atoms in total. The Kier molecular flexibility index (Phi) is 6.01. The average Bonchev–Trinajstić information content (AvgIpc) is 2.43. The predicted octanol–water partition coefficient (Wildman–Crippen LogP) is 5.46. The lowest BCUT2D eigenvalue weighted by atomic mass is 9.99. The first-order valence-electron chi connectivity index (χ1n) is 6.08. The van der Waals surface area contributed by atoms with E-state index in [0.717, 1.165) is 16.5 Å². The second kappa shape index (κ2) is 7.33. The van der Waals surface area contributed by atoms with Gasteiger partial charge in [-0.3, -0.25) is 0 Å². The van der Waals surface area contributed by atoms with Crippen LogP contribution in [-0.4, -0.2) is 7.05 Å². The first kappa shape index (κ1) is 16.4. The molecule has 1 unspecified atom stereocenters. The molecule has 0 saturated carbocycles. The minimum absolute atomic E-state index is 0.137. The fourth-order valence-corrected chi connectivity index (χ4v) is 3.59. The van der Waals surface area contributed by atoms with Gasteiger partial charge in [0.2, 0.25) is 0 Å². The zero-order valence-electron chi connectivity index (χ0n) is 10.8. The van der Waals surface area contributed by atoms with E-state index in [9.17, 15) is 4.39 Å². The van der Waals surface area contributed by atoms with E-state index in [1.807, 2.05) is 19.2 Å². The largest absolute Gasteiger partial charge is 0.313 e. The van der Waals surface area contributed by atoms with Crippen LogP contribution in [-0.2, 0) is 6.42 Å². The maximum absolute atomic E-state index is 13.6. The highest BCUT2D eigenvalue weighted by molar-refractivity contribution is 14.1. The van der Waals surface area contributed by atoms with E-state index in [1.54, 1.807) is 6.07 Å². The van der Waals surface area contributed by atoms with Gasteiger partial charge in [-0.1, -0.05) is 28.1 Å². The van der Waals surface area contributed by atoms with Gasteiger partial charge in [0.05, 0.1) is 4.47 Å². The van der Waals surface area contributed by atoms with Gasteiger partial charge in [-0.05, 0) is 87.4 Å². The predicted molar refractivity (Wildman–Crippen MR) is 96.5 cm³/mol. The first-order valence-corrected chi connectivity index (χ1v) is 8.74. The Morgan fingerprint density at radius 1 is 1.25 bits per heavy atom. The second-order valence-corrected chi connectivity index (χ2v) is 7.30. The molecular weight excluding hydrogens is 500 g/mol. The summed E-state index contributed by atoms with van der Waals surface area (Å²) in [5.74, 6) is -0.221. The molecule has 2 rings (SSSR count). The molecule has 0 aliphatic rings. The lowest BCUT2D eigenvalue weighted by molar-refractivity contribution is 0.578. The summed E-state index contributed by atoms with van der Waals surface area (Å²) in [6, 6.07) is 11.5. The maximum Gasteiger partial charge on any atom is 0.137 e. The molecule has 0 bridgehead atoms. The van der Waals surface area contributed by atoms with Crippen LogP contribution in [0.3, 0.4) is 0 Å². The Labute approximate surface area is 148 Å². The molecule has 106 valence electrons. The smallest absolute Gasteiger partial charge is 0.137 e. The highest BCUT2D eigenvalue weighted by Crippen LogP contribution is 2.29. The summed E-state index contributed by atoms with van der Waals surface area (Å²) in [7, 11) is 1.93. The highest BCUT2D eigenvalue weighted by Gasteiger charge is 2.16. The SMILES string of the molecule is CNC(Cc1cccc(F)c1Br)c1cc(Br)ccc1I. The van der Waals surface area contributed by atoms with Crippen molar-refractivity contribution in [1.82, 2.24) is 5.32 Å². The normalized spacial score (nSPS) is 12.4. The molecule has 5 heteroatoms. The number of rotatable bonds is 4. The third-order valence-corrected chi connectivity index (χ3v) is 5.50. The van der Waals surface area contributed by atoms with Gasteiger partial charge < -0.3 is 5.32 Å². The van der Waals surface area contributed by atoms with Crippen LogP contribution in [0.15, 0.2) is 45.3 Å². The topological polar surface area (TPSA) is 12.0 Å². The van der Waals surface area contributed by atoms with Crippen molar-refractivity contribution in [2.45, 2.75) is 12.5 Å². The Morgan fingerprint density at radius 2 is 2.00 bits per heavy atom. The molecule has 0 fully saturated rings. The lowest BCUT2D eigenvalue weighted by Gasteiger charge is -2.19. The number of hydrogen-bond acceptors (Lipinski definition) is 1. The zero-order chi connectivity index (χ0) is 14.7.